The highest BCUT2D eigenvalue weighted by Gasteiger charge is 2.20. The first-order valence-electron chi connectivity index (χ1n) is 11.0. The van der Waals surface area contributed by atoms with Crippen molar-refractivity contribution in [1.29, 1.82) is 0 Å². The van der Waals surface area contributed by atoms with Gasteiger partial charge in [0.1, 0.15) is 11.4 Å². The average Bonchev–Trinajstić information content (AvgIpc) is 2.88. The largest absolute Gasteiger partial charge is 0.505 e. The van der Waals surface area contributed by atoms with Gasteiger partial charge >= 0.3 is 0 Å². The number of benzene rings is 4. The van der Waals surface area contributed by atoms with E-state index in [1.165, 1.54) is 7.11 Å². The minimum atomic E-state index is -0.568. The van der Waals surface area contributed by atoms with Crippen molar-refractivity contribution in [2.75, 3.05) is 19.5 Å². The summed E-state index contributed by atoms with van der Waals surface area (Å²) in [5.41, 5.74) is 2.26. The number of fused-ring (bicyclic) bond motifs is 1. The number of phenolic OH excluding ortho intramolecular Hbond substituents is 1. The van der Waals surface area contributed by atoms with Crippen molar-refractivity contribution < 1.29 is 19.4 Å². The number of nitrogens with one attached hydrogen (secondary N) is 2. The summed E-state index contributed by atoms with van der Waals surface area (Å²) < 4.78 is 5.30. The van der Waals surface area contributed by atoms with Crippen molar-refractivity contribution in [2.24, 2.45) is 10.2 Å². The molecule has 0 saturated heterocycles. The normalized spacial score (nSPS) is 11.0. The number of hydrogen-bond donors (Lipinski definition) is 3. The molecule has 4 aromatic rings. The summed E-state index contributed by atoms with van der Waals surface area (Å²) in [7, 11) is 3.04. The van der Waals surface area contributed by atoms with E-state index in [0.29, 0.717) is 38.5 Å². The maximum atomic E-state index is 13.2. The minimum Gasteiger partial charge on any atom is -0.505 e. The number of nitrogens with zero attached hydrogens (tertiary/aromatic N) is 2. The minimum absolute atomic E-state index is 0.0105. The van der Waals surface area contributed by atoms with Gasteiger partial charge in [0.15, 0.2) is 5.75 Å². The van der Waals surface area contributed by atoms with E-state index in [1.54, 1.807) is 68.6 Å². The summed E-state index contributed by atoms with van der Waals surface area (Å²) in [5, 5.41) is 26.7. The lowest BCUT2D eigenvalue weighted by Gasteiger charge is -2.13. The zero-order valence-corrected chi connectivity index (χ0v) is 20.6. The SMILES string of the molecule is CNC(=O)c1ccc(/N=N/c2c(O)c(C(=O)Nc3cc(Cl)ccc3OC)cc3ccccc23)c(C)c1. The van der Waals surface area contributed by atoms with Gasteiger partial charge < -0.3 is 20.5 Å². The van der Waals surface area contributed by atoms with E-state index >= 15 is 0 Å². The number of amides is 2. The number of phenols is 1. The van der Waals surface area contributed by atoms with Crippen LogP contribution >= 0.6 is 11.6 Å². The summed E-state index contributed by atoms with van der Waals surface area (Å²) >= 11 is 6.08. The quantitative estimate of drug-likeness (QED) is 0.260. The summed E-state index contributed by atoms with van der Waals surface area (Å²) in [6.07, 6.45) is 0. The number of azo groups is 1. The van der Waals surface area contributed by atoms with Crippen molar-refractivity contribution >= 4 is 51.2 Å². The number of aryl methyl sites for hydroxylation is 1. The molecule has 0 aliphatic carbocycles. The third-order valence-corrected chi connectivity index (χ3v) is 5.83. The van der Waals surface area contributed by atoms with Gasteiger partial charge in [-0.1, -0.05) is 35.9 Å². The fourth-order valence-electron chi connectivity index (χ4n) is 3.72. The van der Waals surface area contributed by atoms with E-state index < -0.39 is 5.91 Å². The Morgan fingerprint density at radius 1 is 0.972 bits per heavy atom. The van der Waals surface area contributed by atoms with Crippen LogP contribution in [0.2, 0.25) is 5.02 Å². The molecule has 0 heterocycles. The van der Waals surface area contributed by atoms with E-state index in [0.717, 1.165) is 5.56 Å². The molecule has 36 heavy (non-hydrogen) atoms. The number of hydrogen-bond acceptors (Lipinski definition) is 6. The summed E-state index contributed by atoms with van der Waals surface area (Å²) in [6.45, 7) is 1.81. The Morgan fingerprint density at radius 2 is 1.75 bits per heavy atom. The Bertz CT molecular complexity index is 1520. The van der Waals surface area contributed by atoms with E-state index in [2.05, 4.69) is 20.9 Å². The van der Waals surface area contributed by atoms with Crippen molar-refractivity contribution in [3.63, 3.8) is 0 Å². The second-order valence-corrected chi connectivity index (χ2v) is 8.36. The van der Waals surface area contributed by atoms with E-state index in [4.69, 9.17) is 16.3 Å². The Morgan fingerprint density at radius 3 is 2.47 bits per heavy atom. The number of carbonyl (C=O) groups is 2. The summed E-state index contributed by atoms with van der Waals surface area (Å²) in [4.78, 5) is 25.1. The molecule has 0 aliphatic heterocycles. The third kappa shape index (κ3) is 4.99. The number of carbonyl (C=O) groups excluding carboxylic acids is 2. The van der Waals surface area contributed by atoms with Crippen LogP contribution in [0.3, 0.4) is 0 Å². The van der Waals surface area contributed by atoms with Crippen molar-refractivity contribution in [3.05, 3.63) is 88.4 Å². The third-order valence-electron chi connectivity index (χ3n) is 5.59. The molecule has 4 rings (SSSR count). The highest BCUT2D eigenvalue weighted by atomic mass is 35.5. The molecule has 8 nitrogen and oxygen atoms in total. The molecule has 4 aromatic carbocycles. The Balaban J connectivity index is 1.76. The molecule has 0 bridgehead atoms. The van der Waals surface area contributed by atoms with E-state index in [-0.39, 0.29) is 22.9 Å². The molecule has 2 amide bonds. The van der Waals surface area contributed by atoms with Crippen molar-refractivity contribution in [1.82, 2.24) is 5.32 Å². The van der Waals surface area contributed by atoms with Gasteiger partial charge in [-0.3, -0.25) is 9.59 Å². The molecular weight excluding hydrogens is 480 g/mol. The monoisotopic (exact) mass is 502 g/mol. The van der Waals surface area contributed by atoms with Crippen LogP contribution in [0.1, 0.15) is 26.3 Å². The lowest BCUT2D eigenvalue weighted by molar-refractivity contribution is 0.0962. The molecule has 0 aromatic heterocycles. The Kier molecular flexibility index (Phi) is 7.17. The van der Waals surface area contributed by atoms with Gasteiger partial charge in [0.05, 0.1) is 24.0 Å². The van der Waals surface area contributed by atoms with Gasteiger partial charge in [0.25, 0.3) is 11.8 Å². The highest BCUT2D eigenvalue weighted by molar-refractivity contribution is 6.31. The maximum Gasteiger partial charge on any atom is 0.259 e. The fourth-order valence-corrected chi connectivity index (χ4v) is 3.89. The zero-order valence-electron chi connectivity index (χ0n) is 19.8. The molecule has 0 spiro atoms. The molecule has 3 N–H and O–H groups in total. The van der Waals surface area contributed by atoms with Crippen LogP contribution in [0, 0.1) is 6.92 Å². The number of anilines is 1. The number of methoxy groups -OCH3 is 1. The first kappa shape index (κ1) is 24.7. The fraction of sp³-hybridized carbons (Fsp3) is 0.111. The predicted molar refractivity (Wildman–Crippen MR) is 140 cm³/mol. The van der Waals surface area contributed by atoms with E-state index in [1.807, 2.05) is 12.1 Å². The molecule has 0 radical (unpaired) electrons. The molecule has 0 atom stereocenters. The summed E-state index contributed by atoms with van der Waals surface area (Å²) in [6, 6.07) is 18.7. The van der Waals surface area contributed by atoms with Crippen LogP contribution in [0.15, 0.2) is 77.0 Å². The van der Waals surface area contributed by atoms with Crippen LogP contribution < -0.4 is 15.4 Å². The van der Waals surface area contributed by atoms with Gasteiger partial charge in [-0.25, -0.2) is 0 Å². The van der Waals surface area contributed by atoms with Crippen LogP contribution in [0.5, 0.6) is 11.5 Å². The van der Waals surface area contributed by atoms with Crippen LogP contribution in [-0.2, 0) is 0 Å². The first-order chi connectivity index (χ1) is 17.3. The van der Waals surface area contributed by atoms with Crippen LogP contribution in [0.25, 0.3) is 10.8 Å². The molecule has 0 saturated carbocycles. The molecule has 0 unspecified atom stereocenters. The smallest absolute Gasteiger partial charge is 0.259 e. The van der Waals surface area contributed by atoms with E-state index in [9.17, 15) is 14.7 Å². The molecule has 0 aliphatic rings. The zero-order chi connectivity index (χ0) is 25.8. The van der Waals surface area contributed by atoms with Crippen molar-refractivity contribution in [2.45, 2.75) is 6.92 Å². The molecule has 0 fully saturated rings. The first-order valence-corrected chi connectivity index (χ1v) is 11.3. The second kappa shape index (κ2) is 10.5. The number of rotatable bonds is 6. The van der Waals surface area contributed by atoms with Gasteiger partial charge in [-0.2, -0.15) is 5.11 Å². The number of ether oxygens (including phenoxy) is 1. The highest BCUT2D eigenvalue weighted by Crippen LogP contribution is 2.40. The van der Waals surface area contributed by atoms with Crippen molar-refractivity contribution in [3.8, 4) is 11.5 Å². The van der Waals surface area contributed by atoms with Gasteiger partial charge in [-0.05, 0) is 60.3 Å². The number of halogens is 1. The van der Waals surface area contributed by atoms with Crippen LogP contribution in [-0.4, -0.2) is 31.1 Å². The number of aromatic hydroxyl groups is 1. The molecule has 182 valence electrons. The van der Waals surface area contributed by atoms with Gasteiger partial charge in [-0.15, -0.1) is 5.11 Å². The predicted octanol–water partition coefficient (Wildman–Crippen LogP) is 6.54. The Labute approximate surface area is 212 Å². The maximum absolute atomic E-state index is 13.2. The topological polar surface area (TPSA) is 112 Å². The van der Waals surface area contributed by atoms with Gasteiger partial charge in [0.2, 0.25) is 0 Å². The summed E-state index contributed by atoms with van der Waals surface area (Å²) in [5.74, 6) is -0.680. The molecule has 9 heteroatoms. The standard InChI is InChI=1S/C27H23ClN4O4/c1-15-12-17(26(34)29-2)8-10-21(15)31-32-24-19-7-5-4-6-16(19)13-20(25(24)33)27(35)30-22-14-18(28)9-11-23(22)36-3/h4-14,33H,1-3H3,(H,29,34)(H,30,35)/b32-31+. The lowest BCUT2D eigenvalue weighted by Crippen LogP contribution is -2.17. The van der Waals surface area contributed by atoms with Gasteiger partial charge in [0, 0.05) is 23.0 Å². The second-order valence-electron chi connectivity index (χ2n) is 7.92. The average molecular weight is 503 g/mol. The Hall–Kier alpha value is -4.43. The molecular formula is C27H23ClN4O4. The lowest BCUT2D eigenvalue weighted by atomic mass is 10.0. The van der Waals surface area contributed by atoms with Crippen LogP contribution in [0.4, 0.5) is 17.1 Å².